The van der Waals surface area contributed by atoms with Crippen molar-refractivity contribution < 1.29 is 0 Å². The Labute approximate surface area is 118 Å². The molecule has 0 unspecified atom stereocenters. The first-order valence-corrected chi connectivity index (χ1v) is 7.18. The van der Waals surface area contributed by atoms with Crippen LogP contribution in [0.5, 0.6) is 0 Å². The van der Waals surface area contributed by atoms with E-state index in [2.05, 4.69) is 43.8 Å². The Morgan fingerprint density at radius 3 is 2.95 bits per heavy atom. The zero-order chi connectivity index (χ0) is 13.4. The third-order valence-corrected chi connectivity index (χ3v) is 3.82. The van der Waals surface area contributed by atoms with E-state index in [1.807, 2.05) is 24.4 Å². The largest absolute Gasteiger partial charge is 0.344 e. The van der Waals surface area contributed by atoms with Crippen molar-refractivity contribution in [3.05, 3.63) is 60.3 Å². The van der Waals surface area contributed by atoms with Crippen molar-refractivity contribution >= 4 is 5.65 Å². The molecule has 0 radical (unpaired) electrons. The minimum atomic E-state index is 0.744. The molecule has 4 heteroatoms. The molecule has 0 amide bonds. The van der Waals surface area contributed by atoms with Crippen molar-refractivity contribution in [2.75, 3.05) is 0 Å². The van der Waals surface area contributed by atoms with E-state index < -0.39 is 0 Å². The first kappa shape index (κ1) is 11.7. The van der Waals surface area contributed by atoms with Crippen LogP contribution in [0.3, 0.4) is 0 Å². The predicted molar refractivity (Wildman–Crippen MR) is 78.6 cm³/mol. The smallest absolute Gasteiger partial charge is 0.137 e. The van der Waals surface area contributed by atoms with Crippen LogP contribution in [-0.4, -0.2) is 20.0 Å². The molecule has 3 aromatic rings. The van der Waals surface area contributed by atoms with E-state index >= 15 is 0 Å². The van der Waals surface area contributed by atoms with Gasteiger partial charge < -0.3 is 14.3 Å². The lowest BCUT2D eigenvalue weighted by atomic mass is 10.4. The van der Waals surface area contributed by atoms with Crippen molar-refractivity contribution in [3.63, 3.8) is 0 Å². The molecule has 3 heterocycles. The molecule has 0 saturated heterocycles. The molecule has 1 N–H and O–H groups in total. The van der Waals surface area contributed by atoms with Gasteiger partial charge in [-0.3, -0.25) is 0 Å². The lowest BCUT2D eigenvalue weighted by Crippen LogP contribution is -2.18. The molecule has 1 aliphatic carbocycles. The highest BCUT2D eigenvalue weighted by Gasteiger charge is 2.20. The highest BCUT2D eigenvalue weighted by atomic mass is 15.1. The molecule has 4 nitrogen and oxygen atoms in total. The second-order valence-corrected chi connectivity index (χ2v) is 5.48. The van der Waals surface area contributed by atoms with Crippen LogP contribution in [0, 0.1) is 0 Å². The first-order valence-electron chi connectivity index (χ1n) is 7.18. The van der Waals surface area contributed by atoms with E-state index in [1.165, 1.54) is 18.5 Å². The summed E-state index contributed by atoms with van der Waals surface area (Å²) in [5.74, 6) is 0. The Hall–Kier alpha value is -2.07. The Bertz CT molecular complexity index is 688. The van der Waals surface area contributed by atoms with Crippen LogP contribution >= 0.6 is 0 Å². The van der Waals surface area contributed by atoms with Gasteiger partial charge in [-0.2, -0.15) is 0 Å². The first-order chi connectivity index (χ1) is 9.88. The second kappa shape index (κ2) is 4.80. The Kier molecular flexibility index (Phi) is 2.81. The molecular formula is C16H18N4. The fraction of sp³-hybridized carbons (Fsp3) is 0.312. The zero-order valence-corrected chi connectivity index (χ0v) is 11.4. The molecule has 1 aliphatic rings. The van der Waals surface area contributed by atoms with Gasteiger partial charge in [-0.25, -0.2) is 4.98 Å². The maximum absolute atomic E-state index is 4.66. The summed E-state index contributed by atoms with van der Waals surface area (Å²) in [6.45, 7) is 1.78. The van der Waals surface area contributed by atoms with Crippen LogP contribution < -0.4 is 5.32 Å². The van der Waals surface area contributed by atoms with Gasteiger partial charge in [0, 0.05) is 36.9 Å². The van der Waals surface area contributed by atoms with E-state index in [-0.39, 0.29) is 0 Å². The van der Waals surface area contributed by atoms with Crippen molar-refractivity contribution in [2.24, 2.45) is 0 Å². The van der Waals surface area contributed by atoms with Crippen LogP contribution in [0.4, 0.5) is 0 Å². The highest BCUT2D eigenvalue weighted by Crippen LogP contribution is 2.19. The average molecular weight is 266 g/mol. The monoisotopic (exact) mass is 266 g/mol. The average Bonchev–Trinajstić information content (AvgIpc) is 3.04. The Balaban J connectivity index is 1.53. The molecule has 1 saturated carbocycles. The number of nitrogens with one attached hydrogen (secondary N) is 1. The minimum absolute atomic E-state index is 0.744. The molecule has 0 spiro atoms. The van der Waals surface area contributed by atoms with E-state index in [0.717, 1.165) is 30.5 Å². The number of fused-ring (bicyclic) bond motifs is 1. The van der Waals surface area contributed by atoms with Gasteiger partial charge >= 0.3 is 0 Å². The van der Waals surface area contributed by atoms with Crippen molar-refractivity contribution in [1.29, 1.82) is 0 Å². The Morgan fingerprint density at radius 2 is 2.10 bits per heavy atom. The number of aromatic nitrogens is 3. The van der Waals surface area contributed by atoms with Crippen LogP contribution in [0.1, 0.15) is 24.2 Å². The number of nitrogens with zero attached hydrogens (tertiary/aromatic N) is 3. The lowest BCUT2D eigenvalue weighted by Gasteiger charge is -2.08. The molecule has 0 aromatic carbocycles. The van der Waals surface area contributed by atoms with Crippen molar-refractivity contribution in [3.8, 4) is 0 Å². The van der Waals surface area contributed by atoms with Crippen LogP contribution in [0.2, 0.25) is 0 Å². The summed E-state index contributed by atoms with van der Waals surface area (Å²) in [5.41, 5.74) is 3.43. The topological polar surface area (TPSA) is 34.3 Å². The van der Waals surface area contributed by atoms with Crippen LogP contribution in [0.15, 0.2) is 48.9 Å². The predicted octanol–water partition coefficient (Wildman–Crippen LogP) is 2.44. The maximum atomic E-state index is 4.66. The summed E-state index contributed by atoms with van der Waals surface area (Å²) in [6.07, 6.45) is 8.93. The van der Waals surface area contributed by atoms with Crippen molar-refractivity contribution in [1.82, 2.24) is 19.3 Å². The number of pyridine rings is 1. The molecule has 4 rings (SSSR count). The van der Waals surface area contributed by atoms with Crippen LogP contribution in [0.25, 0.3) is 5.65 Å². The third-order valence-electron chi connectivity index (χ3n) is 3.82. The molecule has 102 valence electrons. The van der Waals surface area contributed by atoms with Gasteiger partial charge in [-0.1, -0.05) is 6.07 Å². The van der Waals surface area contributed by atoms with Gasteiger partial charge in [0.05, 0.1) is 12.2 Å². The molecule has 20 heavy (non-hydrogen) atoms. The number of hydrogen-bond acceptors (Lipinski definition) is 2. The molecule has 1 fully saturated rings. The van der Waals surface area contributed by atoms with Gasteiger partial charge in [0.2, 0.25) is 0 Å². The molecule has 0 bridgehead atoms. The fourth-order valence-corrected chi connectivity index (χ4v) is 2.54. The van der Waals surface area contributed by atoms with Crippen LogP contribution in [-0.2, 0) is 13.1 Å². The Morgan fingerprint density at radius 1 is 1.15 bits per heavy atom. The summed E-state index contributed by atoms with van der Waals surface area (Å²) < 4.78 is 4.35. The normalized spacial score (nSPS) is 15.0. The van der Waals surface area contributed by atoms with E-state index in [0.29, 0.717) is 0 Å². The number of hydrogen-bond donors (Lipinski definition) is 1. The SMILES string of the molecule is c1ccn2cc(Cn3cccc3CNC3CC3)nc2c1. The molecule has 0 aliphatic heterocycles. The van der Waals surface area contributed by atoms with E-state index in [1.54, 1.807) is 0 Å². The van der Waals surface area contributed by atoms with Gasteiger partial charge in [0.15, 0.2) is 0 Å². The summed E-state index contributed by atoms with van der Waals surface area (Å²) >= 11 is 0. The summed E-state index contributed by atoms with van der Waals surface area (Å²) in [6, 6.07) is 11.1. The van der Waals surface area contributed by atoms with E-state index in [4.69, 9.17) is 0 Å². The summed E-state index contributed by atoms with van der Waals surface area (Å²) in [5, 5.41) is 3.57. The van der Waals surface area contributed by atoms with Gasteiger partial charge in [-0.05, 0) is 37.1 Å². The maximum Gasteiger partial charge on any atom is 0.137 e. The zero-order valence-electron chi connectivity index (χ0n) is 11.4. The van der Waals surface area contributed by atoms with Gasteiger partial charge in [-0.15, -0.1) is 0 Å². The standard InChI is InChI=1S/C16H18N4/c1-2-8-20-12-14(18-16(20)5-1)11-19-9-3-4-15(19)10-17-13-6-7-13/h1-5,8-9,12-13,17H,6-7,10-11H2. The summed E-state index contributed by atoms with van der Waals surface area (Å²) in [7, 11) is 0. The fourth-order valence-electron chi connectivity index (χ4n) is 2.54. The van der Waals surface area contributed by atoms with Gasteiger partial charge in [0.25, 0.3) is 0 Å². The molecule has 0 atom stereocenters. The van der Waals surface area contributed by atoms with Gasteiger partial charge in [0.1, 0.15) is 5.65 Å². The number of rotatable bonds is 5. The lowest BCUT2D eigenvalue weighted by molar-refractivity contribution is 0.631. The molecular weight excluding hydrogens is 248 g/mol. The highest BCUT2D eigenvalue weighted by molar-refractivity contribution is 5.39. The second-order valence-electron chi connectivity index (χ2n) is 5.48. The minimum Gasteiger partial charge on any atom is -0.344 e. The quantitative estimate of drug-likeness (QED) is 0.769. The third kappa shape index (κ3) is 2.34. The van der Waals surface area contributed by atoms with E-state index in [9.17, 15) is 0 Å². The summed E-state index contributed by atoms with van der Waals surface area (Å²) in [4.78, 5) is 4.66. The van der Waals surface area contributed by atoms with Crippen molar-refractivity contribution in [2.45, 2.75) is 32.0 Å². The number of imidazole rings is 1. The molecule has 3 aromatic heterocycles.